The molecule has 1 aliphatic carbocycles. The van der Waals surface area contributed by atoms with Crippen molar-refractivity contribution in [1.82, 2.24) is 9.62 Å². The minimum absolute atomic E-state index is 0.0746. The first-order chi connectivity index (χ1) is 13.0. The van der Waals surface area contributed by atoms with Crippen LogP contribution in [-0.4, -0.2) is 37.8 Å². The summed E-state index contributed by atoms with van der Waals surface area (Å²) in [6.07, 6.45) is 3.23. The maximum atomic E-state index is 12.8. The van der Waals surface area contributed by atoms with Gasteiger partial charge in [0.2, 0.25) is 5.91 Å². The fourth-order valence-electron chi connectivity index (χ4n) is 3.11. The number of sulfonamides is 1. The van der Waals surface area contributed by atoms with Crippen LogP contribution >= 0.6 is 11.3 Å². The number of hydrogen-bond donors (Lipinski definition) is 1. The predicted molar refractivity (Wildman–Crippen MR) is 103 cm³/mol. The lowest BCUT2D eigenvalue weighted by molar-refractivity contribution is -0.121. The third kappa shape index (κ3) is 4.34. The van der Waals surface area contributed by atoms with Crippen LogP contribution in [0.4, 0.5) is 0 Å². The SMILES string of the molecule is O=C(CCc1ccc2c(c1)CN(S(=O)(=O)c1cccs1)CCO2)NC1CC1. The van der Waals surface area contributed by atoms with Crippen molar-refractivity contribution >= 4 is 27.3 Å². The molecule has 8 heteroatoms. The summed E-state index contributed by atoms with van der Waals surface area (Å²) < 4.78 is 33.3. The van der Waals surface area contributed by atoms with Crippen LogP contribution in [0.3, 0.4) is 0 Å². The normalized spacial score (nSPS) is 17.6. The Labute approximate surface area is 163 Å². The molecule has 0 atom stereocenters. The number of nitrogens with zero attached hydrogens (tertiary/aromatic N) is 1. The molecule has 0 radical (unpaired) electrons. The molecule has 1 N–H and O–H groups in total. The minimum atomic E-state index is -3.52. The summed E-state index contributed by atoms with van der Waals surface area (Å²) in [5.74, 6) is 0.788. The van der Waals surface area contributed by atoms with Crippen LogP contribution in [0.15, 0.2) is 39.9 Å². The third-order valence-electron chi connectivity index (χ3n) is 4.74. The maximum absolute atomic E-state index is 12.8. The van der Waals surface area contributed by atoms with Crippen LogP contribution in [0.1, 0.15) is 30.4 Å². The second-order valence-electron chi connectivity index (χ2n) is 6.90. The highest BCUT2D eigenvalue weighted by atomic mass is 32.2. The molecule has 0 saturated heterocycles. The molecule has 4 rings (SSSR count). The summed E-state index contributed by atoms with van der Waals surface area (Å²) in [5.41, 5.74) is 1.85. The summed E-state index contributed by atoms with van der Waals surface area (Å²) in [4.78, 5) is 11.9. The van der Waals surface area contributed by atoms with Crippen molar-refractivity contribution in [2.24, 2.45) is 0 Å². The topological polar surface area (TPSA) is 75.7 Å². The highest BCUT2D eigenvalue weighted by molar-refractivity contribution is 7.91. The van der Waals surface area contributed by atoms with Crippen molar-refractivity contribution in [3.63, 3.8) is 0 Å². The van der Waals surface area contributed by atoms with Crippen molar-refractivity contribution in [2.75, 3.05) is 13.2 Å². The van der Waals surface area contributed by atoms with Crippen LogP contribution < -0.4 is 10.1 Å². The van der Waals surface area contributed by atoms with E-state index >= 15 is 0 Å². The van der Waals surface area contributed by atoms with Crippen LogP contribution in [0.25, 0.3) is 0 Å². The highest BCUT2D eigenvalue weighted by Crippen LogP contribution is 2.29. The first kappa shape index (κ1) is 18.5. The molecule has 0 unspecified atom stereocenters. The zero-order valence-corrected chi connectivity index (χ0v) is 16.5. The number of carbonyl (C=O) groups is 1. The van der Waals surface area contributed by atoms with Crippen LogP contribution in [0, 0.1) is 0 Å². The van der Waals surface area contributed by atoms with Gasteiger partial charge in [-0.3, -0.25) is 4.79 Å². The van der Waals surface area contributed by atoms with Gasteiger partial charge in [-0.15, -0.1) is 11.3 Å². The van der Waals surface area contributed by atoms with E-state index in [2.05, 4.69) is 5.32 Å². The van der Waals surface area contributed by atoms with Crippen molar-refractivity contribution in [1.29, 1.82) is 0 Å². The largest absolute Gasteiger partial charge is 0.492 e. The Morgan fingerprint density at radius 2 is 2.15 bits per heavy atom. The summed E-state index contributed by atoms with van der Waals surface area (Å²) >= 11 is 1.22. The van der Waals surface area contributed by atoms with E-state index in [0.29, 0.717) is 42.0 Å². The first-order valence-electron chi connectivity index (χ1n) is 9.10. The molecule has 2 aliphatic rings. The Kier molecular flexibility index (Phi) is 5.21. The lowest BCUT2D eigenvalue weighted by atomic mass is 10.1. The summed E-state index contributed by atoms with van der Waals surface area (Å²) in [5, 5.41) is 4.75. The third-order valence-corrected chi connectivity index (χ3v) is 7.96. The molecule has 6 nitrogen and oxygen atoms in total. The number of carbonyl (C=O) groups excluding carboxylic acids is 1. The monoisotopic (exact) mass is 406 g/mol. The van der Waals surface area contributed by atoms with Crippen molar-refractivity contribution < 1.29 is 17.9 Å². The molecule has 1 aliphatic heterocycles. The summed E-state index contributed by atoms with van der Waals surface area (Å²) in [7, 11) is -3.52. The average molecular weight is 407 g/mol. The van der Waals surface area contributed by atoms with Crippen LogP contribution in [0.2, 0.25) is 0 Å². The Hall–Kier alpha value is -1.90. The van der Waals surface area contributed by atoms with Gasteiger partial charge >= 0.3 is 0 Å². The quantitative estimate of drug-likeness (QED) is 0.800. The molecule has 1 aromatic heterocycles. The minimum Gasteiger partial charge on any atom is -0.492 e. The molecule has 2 aromatic rings. The molecule has 1 fully saturated rings. The molecule has 2 heterocycles. The molecule has 1 amide bonds. The van der Waals surface area contributed by atoms with Gasteiger partial charge in [0.25, 0.3) is 10.0 Å². The Morgan fingerprint density at radius 3 is 2.89 bits per heavy atom. The van der Waals surface area contributed by atoms with E-state index in [-0.39, 0.29) is 12.5 Å². The molecule has 27 heavy (non-hydrogen) atoms. The maximum Gasteiger partial charge on any atom is 0.252 e. The Balaban J connectivity index is 1.48. The van der Waals surface area contributed by atoms with E-state index in [1.165, 1.54) is 15.6 Å². The number of ether oxygens (including phenoxy) is 1. The fraction of sp³-hybridized carbons (Fsp3) is 0.421. The smallest absolute Gasteiger partial charge is 0.252 e. The predicted octanol–water partition coefficient (Wildman–Crippen LogP) is 2.54. The van der Waals surface area contributed by atoms with Crippen molar-refractivity contribution in [3.8, 4) is 5.75 Å². The summed E-state index contributed by atoms with van der Waals surface area (Å²) in [6, 6.07) is 9.53. The van der Waals surface area contributed by atoms with Crippen LogP contribution in [-0.2, 0) is 27.8 Å². The van der Waals surface area contributed by atoms with E-state index < -0.39 is 10.0 Å². The van der Waals surface area contributed by atoms with Gasteiger partial charge in [0, 0.05) is 31.1 Å². The van der Waals surface area contributed by atoms with Gasteiger partial charge in [0.15, 0.2) is 0 Å². The van der Waals surface area contributed by atoms with Crippen molar-refractivity contribution in [2.45, 2.75) is 42.5 Å². The van der Waals surface area contributed by atoms with Crippen molar-refractivity contribution in [3.05, 3.63) is 46.8 Å². The molecule has 1 saturated carbocycles. The zero-order valence-electron chi connectivity index (χ0n) is 14.9. The van der Waals surface area contributed by atoms with Gasteiger partial charge < -0.3 is 10.1 Å². The number of rotatable bonds is 6. The van der Waals surface area contributed by atoms with E-state index in [9.17, 15) is 13.2 Å². The molecular weight excluding hydrogens is 384 g/mol. The van der Waals surface area contributed by atoms with E-state index in [4.69, 9.17) is 4.74 Å². The Morgan fingerprint density at radius 1 is 1.30 bits per heavy atom. The second kappa shape index (κ2) is 7.61. The van der Waals surface area contributed by atoms with Crippen LogP contribution in [0.5, 0.6) is 5.75 Å². The second-order valence-corrected chi connectivity index (χ2v) is 10.0. The number of benzene rings is 1. The molecule has 144 valence electrons. The van der Waals surface area contributed by atoms with Gasteiger partial charge in [0.05, 0.1) is 0 Å². The molecule has 0 bridgehead atoms. The van der Waals surface area contributed by atoms with Gasteiger partial charge in [-0.25, -0.2) is 8.42 Å². The van der Waals surface area contributed by atoms with Gasteiger partial charge in [-0.05, 0) is 42.3 Å². The standard InChI is InChI=1S/C19H22N2O4S2/c22-18(20-16-5-6-16)8-4-14-3-7-17-15(12-14)13-21(9-10-25-17)27(23,24)19-2-1-11-26-19/h1-3,7,11-12,16H,4-6,8-10,13H2,(H,20,22). The fourth-order valence-corrected chi connectivity index (χ4v) is 5.65. The lowest BCUT2D eigenvalue weighted by Gasteiger charge is -2.18. The molecule has 0 spiro atoms. The van der Waals surface area contributed by atoms with Gasteiger partial charge in [-0.1, -0.05) is 18.2 Å². The number of hydrogen-bond acceptors (Lipinski definition) is 5. The number of fused-ring (bicyclic) bond motifs is 1. The van der Waals surface area contributed by atoms with E-state index in [0.717, 1.165) is 24.0 Å². The Bertz CT molecular complexity index is 921. The van der Waals surface area contributed by atoms with E-state index in [1.54, 1.807) is 17.5 Å². The van der Waals surface area contributed by atoms with Gasteiger partial charge in [-0.2, -0.15) is 4.31 Å². The highest BCUT2D eigenvalue weighted by Gasteiger charge is 2.28. The average Bonchev–Trinajstić information content (AvgIpc) is 3.33. The zero-order chi connectivity index (χ0) is 18.9. The number of nitrogens with one attached hydrogen (secondary N) is 1. The number of amides is 1. The summed E-state index contributed by atoms with van der Waals surface area (Å²) in [6.45, 7) is 0.909. The van der Waals surface area contributed by atoms with E-state index in [1.807, 2.05) is 18.2 Å². The lowest BCUT2D eigenvalue weighted by Crippen LogP contribution is -2.32. The molecule has 1 aromatic carbocycles. The molecular formula is C19H22N2O4S2. The van der Waals surface area contributed by atoms with Gasteiger partial charge in [0.1, 0.15) is 16.6 Å². The number of aryl methyl sites for hydroxylation is 1. The number of thiophene rings is 1. The first-order valence-corrected chi connectivity index (χ1v) is 11.4.